The average molecular weight is 478 g/mol. The summed E-state index contributed by atoms with van der Waals surface area (Å²) in [5.41, 5.74) is -0.279. The number of carbonyl (C=O) groups is 1. The monoisotopic (exact) mass is 477 g/mol. The Balaban J connectivity index is 1.74. The minimum Gasteiger partial charge on any atom is -0.360 e. The molecular weight excluding hydrogens is 459 g/mol. The van der Waals surface area contributed by atoms with Crippen LogP contribution in [-0.2, 0) is 6.18 Å². The number of fused-ring (bicyclic) bond motifs is 1. The van der Waals surface area contributed by atoms with E-state index in [0.717, 1.165) is 6.07 Å². The maximum absolute atomic E-state index is 13.4. The minimum absolute atomic E-state index is 0.174. The van der Waals surface area contributed by atoms with Crippen LogP contribution in [-0.4, -0.2) is 25.7 Å². The Morgan fingerprint density at radius 3 is 2.55 bits per heavy atom. The van der Waals surface area contributed by atoms with E-state index < -0.39 is 23.7 Å². The van der Waals surface area contributed by atoms with Crippen molar-refractivity contribution < 1.29 is 22.5 Å². The molecule has 1 aromatic carbocycles. The number of nitrogens with one attached hydrogen (secondary N) is 1. The third-order valence-electron chi connectivity index (χ3n) is 5.22. The van der Waals surface area contributed by atoms with Crippen LogP contribution >= 0.6 is 11.6 Å². The Morgan fingerprint density at radius 1 is 1.15 bits per heavy atom. The molecule has 3 heterocycles. The van der Waals surface area contributed by atoms with Gasteiger partial charge in [-0.25, -0.2) is 0 Å². The summed E-state index contributed by atoms with van der Waals surface area (Å²) in [7, 11) is 0. The van der Waals surface area contributed by atoms with Crippen molar-refractivity contribution in [2.24, 2.45) is 5.92 Å². The van der Waals surface area contributed by atoms with Crippen molar-refractivity contribution in [3.63, 3.8) is 0 Å². The van der Waals surface area contributed by atoms with Crippen molar-refractivity contribution in [2.45, 2.75) is 33.0 Å². The predicted octanol–water partition coefficient (Wildman–Crippen LogP) is 5.49. The fourth-order valence-electron chi connectivity index (χ4n) is 3.59. The zero-order chi connectivity index (χ0) is 23.9. The van der Waals surface area contributed by atoms with Gasteiger partial charge >= 0.3 is 6.18 Å². The maximum Gasteiger partial charge on any atom is 0.420 e. The van der Waals surface area contributed by atoms with Crippen molar-refractivity contribution >= 4 is 23.2 Å². The number of benzene rings is 1. The summed E-state index contributed by atoms with van der Waals surface area (Å²) < 4.78 is 46.7. The molecule has 4 rings (SSSR count). The standard InChI is InChI=1S/C22H19ClF3N5O2/c1-11(2)17(20-29-28-19-14(22(24,25)26)8-6-10-31(19)20)27-21(32)16-12(3)33-30-18(16)13-7-4-5-9-15(13)23/h4-11,17H,1-3H3,(H,27,32)/t17-/m0/s1. The van der Waals surface area contributed by atoms with Crippen LogP contribution in [0.4, 0.5) is 13.2 Å². The van der Waals surface area contributed by atoms with E-state index in [1.165, 1.54) is 16.7 Å². The third-order valence-corrected chi connectivity index (χ3v) is 5.55. The Bertz CT molecular complexity index is 1330. The number of halogens is 4. The van der Waals surface area contributed by atoms with Gasteiger partial charge in [-0.05, 0) is 31.0 Å². The maximum atomic E-state index is 13.4. The molecule has 0 aliphatic heterocycles. The lowest BCUT2D eigenvalue weighted by Crippen LogP contribution is -2.33. The van der Waals surface area contributed by atoms with Crippen LogP contribution < -0.4 is 5.32 Å². The molecule has 33 heavy (non-hydrogen) atoms. The van der Waals surface area contributed by atoms with Crippen LogP contribution in [0.1, 0.15) is 47.4 Å². The van der Waals surface area contributed by atoms with Crippen molar-refractivity contribution in [1.29, 1.82) is 0 Å². The smallest absolute Gasteiger partial charge is 0.360 e. The van der Waals surface area contributed by atoms with Gasteiger partial charge in [-0.3, -0.25) is 9.20 Å². The highest BCUT2D eigenvalue weighted by Gasteiger charge is 2.35. The summed E-state index contributed by atoms with van der Waals surface area (Å²) >= 11 is 6.27. The molecule has 7 nitrogen and oxygen atoms in total. The fourth-order valence-corrected chi connectivity index (χ4v) is 3.81. The molecule has 0 bridgehead atoms. The van der Waals surface area contributed by atoms with Gasteiger partial charge in [0.2, 0.25) is 0 Å². The molecule has 0 spiro atoms. The van der Waals surface area contributed by atoms with Crippen LogP contribution in [0.15, 0.2) is 47.1 Å². The van der Waals surface area contributed by atoms with Gasteiger partial charge in [0.05, 0.1) is 11.1 Å². The number of nitrogens with zero attached hydrogens (tertiary/aromatic N) is 4. The zero-order valence-electron chi connectivity index (χ0n) is 17.8. The number of aryl methyl sites for hydroxylation is 1. The first-order chi connectivity index (χ1) is 15.6. The second-order valence-corrected chi connectivity index (χ2v) is 8.22. The number of carbonyl (C=O) groups excluding carboxylic acids is 1. The van der Waals surface area contributed by atoms with E-state index in [9.17, 15) is 18.0 Å². The van der Waals surface area contributed by atoms with Crippen LogP contribution in [0, 0.1) is 12.8 Å². The number of hydrogen-bond donors (Lipinski definition) is 1. The topological polar surface area (TPSA) is 85.3 Å². The van der Waals surface area contributed by atoms with Gasteiger partial charge in [-0.1, -0.05) is 48.8 Å². The van der Waals surface area contributed by atoms with E-state index in [4.69, 9.17) is 16.1 Å². The molecule has 0 saturated heterocycles. The molecule has 0 fully saturated rings. The second-order valence-electron chi connectivity index (χ2n) is 7.81. The van der Waals surface area contributed by atoms with Gasteiger partial charge in [-0.2, -0.15) is 13.2 Å². The molecule has 0 aliphatic carbocycles. The molecule has 1 N–H and O–H groups in total. The molecule has 1 atom stereocenters. The second kappa shape index (κ2) is 8.51. The van der Waals surface area contributed by atoms with Crippen molar-refractivity contribution in [2.75, 3.05) is 0 Å². The number of rotatable bonds is 5. The van der Waals surface area contributed by atoms with Gasteiger partial charge in [-0.15, -0.1) is 10.2 Å². The molecule has 0 aliphatic rings. The highest BCUT2D eigenvalue weighted by molar-refractivity contribution is 6.33. The molecule has 11 heteroatoms. The van der Waals surface area contributed by atoms with E-state index in [-0.39, 0.29) is 34.4 Å². The number of pyridine rings is 1. The fraction of sp³-hybridized carbons (Fsp3) is 0.273. The number of aromatic nitrogens is 4. The molecule has 0 unspecified atom stereocenters. The highest BCUT2D eigenvalue weighted by Crippen LogP contribution is 2.34. The summed E-state index contributed by atoms with van der Waals surface area (Å²) in [5.74, 6) is -0.297. The molecule has 1 amide bonds. The number of alkyl halides is 3. The van der Waals surface area contributed by atoms with Crippen molar-refractivity contribution in [1.82, 2.24) is 25.1 Å². The van der Waals surface area contributed by atoms with Crippen LogP contribution in [0.2, 0.25) is 5.02 Å². The van der Waals surface area contributed by atoms with Gasteiger partial charge in [0.1, 0.15) is 22.6 Å². The van der Waals surface area contributed by atoms with Gasteiger partial charge in [0.15, 0.2) is 11.5 Å². The Labute approximate surface area is 191 Å². The molecule has 0 radical (unpaired) electrons. The summed E-state index contributed by atoms with van der Waals surface area (Å²) in [6.07, 6.45) is -3.16. The lowest BCUT2D eigenvalue weighted by Gasteiger charge is -2.21. The third kappa shape index (κ3) is 4.18. The molecule has 172 valence electrons. The predicted molar refractivity (Wildman–Crippen MR) is 115 cm³/mol. The molecule has 3 aromatic heterocycles. The van der Waals surface area contributed by atoms with E-state index >= 15 is 0 Å². The molecular formula is C22H19ClF3N5O2. The summed E-state index contributed by atoms with van der Waals surface area (Å²) in [4.78, 5) is 13.3. The highest BCUT2D eigenvalue weighted by atomic mass is 35.5. The van der Waals surface area contributed by atoms with E-state index in [2.05, 4.69) is 20.7 Å². The van der Waals surface area contributed by atoms with Crippen LogP contribution in [0.3, 0.4) is 0 Å². The zero-order valence-corrected chi connectivity index (χ0v) is 18.6. The first-order valence-corrected chi connectivity index (χ1v) is 10.4. The van der Waals surface area contributed by atoms with Crippen molar-refractivity contribution in [3.05, 3.63) is 70.3 Å². The van der Waals surface area contributed by atoms with E-state index in [1.54, 1.807) is 31.2 Å². The van der Waals surface area contributed by atoms with Gasteiger partial charge in [0.25, 0.3) is 5.91 Å². The SMILES string of the molecule is Cc1onc(-c2ccccc2Cl)c1C(=O)N[C@H](c1nnc2c(C(F)(F)F)cccn12)C(C)C. The summed E-state index contributed by atoms with van der Waals surface area (Å²) in [6.45, 7) is 5.22. The number of amides is 1. The average Bonchev–Trinajstić information content (AvgIpc) is 3.34. The Hall–Kier alpha value is -3.40. The van der Waals surface area contributed by atoms with Gasteiger partial charge < -0.3 is 9.84 Å². The lowest BCUT2D eigenvalue weighted by atomic mass is 10.0. The Morgan fingerprint density at radius 2 is 1.88 bits per heavy atom. The van der Waals surface area contributed by atoms with E-state index in [0.29, 0.717) is 10.6 Å². The summed E-state index contributed by atoms with van der Waals surface area (Å²) in [6, 6.07) is 8.34. The molecule has 0 saturated carbocycles. The Kier molecular flexibility index (Phi) is 5.87. The van der Waals surface area contributed by atoms with Crippen molar-refractivity contribution in [3.8, 4) is 11.3 Å². The number of hydrogen-bond acceptors (Lipinski definition) is 5. The van der Waals surface area contributed by atoms with Crippen LogP contribution in [0.25, 0.3) is 16.9 Å². The quantitative estimate of drug-likeness (QED) is 0.410. The summed E-state index contributed by atoms with van der Waals surface area (Å²) in [5, 5.41) is 15.0. The van der Waals surface area contributed by atoms with Gasteiger partial charge in [0, 0.05) is 11.8 Å². The molecule has 4 aromatic rings. The normalized spacial score (nSPS) is 13.0. The van der Waals surface area contributed by atoms with Crippen LogP contribution in [0.5, 0.6) is 0 Å². The minimum atomic E-state index is -4.59. The largest absolute Gasteiger partial charge is 0.420 e. The first-order valence-electron chi connectivity index (χ1n) is 10.0. The lowest BCUT2D eigenvalue weighted by molar-refractivity contribution is -0.136. The van der Waals surface area contributed by atoms with E-state index in [1.807, 2.05) is 13.8 Å². The first kappa shape index (κ1) is 22.8.